The molecule has 0 spiro atoms. The number of pyridine rings is 1. The Balaban J connectivity index is 2.43. The predicted molar refractivity (Wildman–Crippen MR) is 79.7 cm³/mol. The molecule has 0 bridgehead atoms. The van der Waals surface area contributed by atoms with Crippen molar-refractivity contribution in [1.29, 1.82) is 0 Å². The number of hydrogen-bond acceptors (Lipinski definition) is 4. The van der Waals surface area contributed by atoms with E-state index in [1.165, 1.54) is 16.3 Å². The van der Waals surface area contributed by atoms with Crippen LogP contribution in [-0.4, -0.2) is 39.3 Å². The second-order valence-corrected chi connectivity index (χ2v) is 4.60. The SMILES string of the molecule is CNCc1cnc(N(C)CCOC)c2ccccc12. The quantitative estimate of drug-likeness (QED) is 0.861. The van der Waals surface area contributed by atoms with Crippen LogP contribution in [0.3, 0.4) is 0 Å². The highest BCUT2D eigenvalue weighted by molar-refractivity contribution is 5.94. The maximum Gasteiger partial charge on any atom is 0.136 e. The van der Waals surface area contributed by atoms with Gasteiger partial charge in [-0.3, -0.25) is 0 Å². The maximum atomic E-state index is 5.13. The van der Waals surface area contributed by atoms with Crippen LogP contribution < -0.4 is 10.2 Å². The van der Waals surface area contributed by atoms with Crippen LogP contribution in [0.4, 0.5) is 5.82 Å². The molecule has 0 radical (unpaired) electrons. The maximum absolute atomic E-state index is 5.13. The molecule has 2 aromatic rings. The van der Waals surface area contributed by atoms with Gasteiger partial charge < -0.3 is 15.0 Å². The summed E-state index contributed by atoms with van der Waals surface area (Å²) in [5.41, 5.74) is 1.22. The molecule has 0 atom stereocenters. The van der Waals surface area contributed by atoms with Gasteiger partial charge in [0.25, 0.3) is 0 Å². The first-order chi connectivity index (χ1) is 9.27. The highest BCUT2D eigenvalue weighted by Gasteiger charge is 2.10. The molecule has 0 aliphatic rings. The van der Waals surface area contributed by atoms with Crippen molar-refractivity contribution >= 4 is 16.6 Å². The third kappa shape index (κ3) is 3.03. The standard InChI is InChI=1S/C15H21N3O/c1-16-10-12-11-17-15(18(2)8-9-19-3)14-7-5-4-6-13(12)14/h4-7,11,16H,8-10H2,1-3H3. The number of rotatable bonds is 6. The fourth-order valence-electron chi connectivity index (χ4n) is 2.21. The molecule has 1 aromatic heterocycles. The zero-order chi connectivity index (χ0) is 13.7. The molecule has 4 heteroatoms. The number of methoxy groups -OCH3 is 1. The summed E-state index contributed by atoms with van der Waals surface area (Å²) in [6, 6.07) is 8.40. The first kappa shape index (κ1) is 13.8. The van der Waals surface area contributed by atoms with Crippen molar-refractivity contribution in [2.24, 2.45) is 0 Å². The first-order valence-electron chi connectivity index (χ1n) is 6.49. The summed E-state index contributed by atoms with van der Waals surface area (Å²) in [6.45, 7) is 2.36. The third-order valence-corrected chi connectivity index (χ3v) is 3.22. The number of likely N-dealkylation sites (N-methyl/N-ethyl adjacent to an activating group) is 1. The summed E-state index contributed by atoms with van der Waals surface area (Å²) in [7, 11) is 5.72. The topological polar surface area (TPSA) is 37.4 Å². The number of benzene rings is 1. The van der Waals surface area contributed by atoms with Gasteiger partial charge >= 0.3 is 0 Å². The average molecular weight is 259 g/mol. The summed E-state index contributed by atoms with van der Waals surface area (Å²) < 4.78 is 5.13. The Morgan fingerprint density at radius 2 is 2.00 bits per heavy atom. The van der Waals surface area contributed by atoms with E-state index in [-0.39, 0.29) is 0 Å². The van der Waals surface area contributed by atoms with Gasteiger partial charge in [0.2, 0.25) is 0 Å². The van der Waals surface area contributed by atoms with Gasteiger partial charge in [-0.05, 0) is 18.0 Å². The lowest BCUT2D eigenvalue weighted by Crippen LogP contribution is -2.23. The molecule has 19 heavy (non-hydrogen) atoms. The Hall–Kier alpha value is -1.65. The van der Waals surface area contributed by atoms with Crippen molar-refractivity contribution in [3.05, 3.63) is 36.0 Å². The van der Waals surface area contributed by atoms with Gasteiger partial charge in [0.15, 0.2) is 0 Å². The number of fused-ring (bicyclic) bond motifs is 1. The van der Waals surface area contributed by atoms with E-state index in [2.05, 4.69) is 39.5 Å². The molecule has 1 aromatic carbocycles. The van der Waals surface area contributed by atoms with Crippen LogP contribution in [0, 0.1) is 0 Å². The molecule has 0 fully saturated rings. The smallest absolute Gasteiger partial charge is 0.136 e. The minimum absolute atomic E-state index is 0.699. The summed E-state index contributed by atoms with van der Waals surface area (Å²) in [5.74, 6) is 1.01. The second-order valence-electron chi connectivity index (χ2n) is 4.60. The molecular weight excluding hydrogens is 238 g/mol. The Kier molecular flexibility index (Phi) is 4.71. The number of nitrogens with zero attached hydrogens (tertiary/aromatic N) is 2. The minimum atomic E-state index is 0.699. The molecule has 1 heterocycles. The summed E-state index contributed by atoms with van der Waals surface area (Å²) in [4.78, 5) is 6.74. The van der Waals surface area contributed by atoms with Gasteiger partial charge in [-0.15, -0.1) is 0 Å². The van der Waals surface area contributed by atoms with E-state index in [0.717, 1.165) is 18.9 Å². The van der Waals surface area contributed by atoms with Gasteiger partial charge in [-0.1, -0.05) is 24.3 Å². The van der Waals surface area contributed by atoms with E-state index < -0.39 is 0 Å². The Labute approximate surface area is 114 Å². The normalized spacial score (nSPS) is 10.9. The predicted octanol–water partition coefficient (Wildman–Crippen LogP) is 2.04. The summed E-state index contributed by atoms with van der Waals surface area (Å²) in [6.07, 6.45) is 1.96. The van der Waals surface area contributed by atoms with Gasteiger partial charge in [0.1, 0.15) is 5.82 Å². The van der Waals surface area contributed by atoms with Crippen LogP contribution >= 0.6 is 0 Å². The zero-order valence-electron chi connectivity index (χ0n) is 11.8. The van der Waals surface area contributed by atoms with E-state index in [0.29, 0.717) is 6.61 Å². The summed E-state index contributed by atoms with van der Waals surface area (Å²) >= 11 is 0. The number of ether oxygens (including phenoxy) is 1. The van der Waals surface area contributed by atoms with Crippen LogP contribution in [0.5, 0.6) is 0 Å². The van der Waals surface area contributed by atoms with Crippen LogP contribution in [0.1, 0.15) is 5.56 Å². The molecule has 0 saturated heterocycles. The molecule has 1 N–H and O–H groups in total. The molecule has 0 aliphatic heterocycles. The number of nitrogens with one attached hydrogen (secondary N) is 1. The lowest BCUT2D eigenvalue weighted by Gasteiger charge is -2.20. The minimum Gasteiger partial charge on any atom is -0.383 e. The molecular formula is C15H21N3O. The highest BCUT2D eigenvalue weighted by Crippen LogP contribution is 2.26. The van der Waals surface area contributed by atoms with Gasteiger partial charge in [0.05, 0.1) is 6.61 Å². The summed E-state index contributed by atoms with van der Waals surface area (Å²) in [5, 5.41) is 5.63. The lowest BCUT2D eigenvalue weighted by molar-refractivity contribution is 0.206. The van der Waals surface area contributed by atoms with E-state index in [4.69, 9.17) is 4.74 Å². The molecule has 0 saturated carbocycles. The Morgan fingerprint density at radius 1 is 1.26 bits per heavy atom. The van der Waals surface area contributed by atoms with Crippen molar-refractivity contribution in [1.82, 2.24) is 10.3 Å². The molecule has 102 valence electrons. The Morgan fingerprint density at radius 3 is 2.68 bits per heavy atom. The van der Waals surface area contributed by atoms with Crippen molar-refractivity contribution in [3.63, 3.8) is 0 Å². The number of aromatic nitrogens is 1. The lowest BCUT2D eigenvalue weighted by atomic mass is 10.1. The Bertz CT molecular complexity index is 542. The molecule has 0 unspecified atom stereocenters. The molecule has 4 nitrogen and oxygen atoms in total. The van der Waals surface area contributed by atoms with Crippen molar-refractivity contribution in [2.75, 3.05) is 39.3 Å². The molecule has 0 amide bonds. The van der Waals surface area contributed by atoms with Crippen molar-refractivity contribution in [2.45, 2.75) is 6.54 Å². The fraction of sp³-hybridized carbons (Fsp3) is 0.400. The van der Waals surface area contributed by atoms with E-state index in [1.807, 2.05) is 20.3 Å². The fourth-order valence-corrected chi connectivity index (χ4v) is 2.21. The average Bonchev–Trinajstić information content (AvgIpc) is 2.45. The second kappa shape index (κ2) is 6.50. The van der Waals surface area contributed by atoms with Gasteiger partial charge in [-0.2, -0.15) is 0 Å². The van der Waals surface area contributed by atoms with Crippen LogP contribution in [0.15, 0.2) is 30.5 Å². The highest BCUT2D eigenvalue weighted by atomic mass is 16.5. The first-order valence-corrected chi connectivity index (χ1v) is 6.49. The molecule has 0 aliphatic carbocycles. The number of anilines is 1. The van der Waals surface area contributed by atoms with E-state index >= 15 is 0 Å². The third-order valence-electron chi connectivity index (χ3n) is 3.22. The van der Waals surface area contributed by atoms with Crippen LogP contribution in [0.2, 0.25) is 0 Å². The van der Waals surface area contributed by atoms with E-state index in [9.17, 15) is 0 Å². The van der Waals surface area contributed by atoms with Gasteiger partial charge in [0, 0.05) is 38.8 Å². The monoisotopic (exact) mass is 259 g/mol. The van der Waals surface area contributed by atoms with Gasteiger partial charge in [-0.25, -0.2) is 4.98 Å². The van der Waals surface area contributed by atoms with E-state index in [1.54, 1.807) is 7.11 Å². The largest absolute Gasteiger partial charge is 0.383 e. The van der Waals surface area contributed by atoms with Crippen molar-refractivity contribution < 1.29 is 4.74 Å². The van der Waals surface area contributed by atoms with Crippen LogP contribution in [-0.2, 0) is 11.3 Å². The zero-order valence-corrected chi connectivity index (χ0v) is 11.8. The van der Waals surface area contributed by atoms with Crippen molar-refractivity contribution in [3.8, 4) is 0 Å². The molecule has 2 rings (SSSR count). The van der Waals surface area contributed by atoms with Crippen LogP contribution in [0.25, 0.3) is 10.8 Å². The number of hydrogen-bond donors (Lipinski definition) is 1.